The number of alkyl halides is 2. The molecule has 1 aromatic carbocycles. The molecule has 5 heterocycles. The number of aromatic nitrogens is 7. The van der Waals surface area contributed by atoms with Crippen molar-refractivity contribution < 1.29 is 18.6 Å². The third-order valence-corrected chi connectivity index (χ3v) is 6.21. The van der Waals surface area contributed by atoms with Crippen LogP contribution in [0.3, 0.4) is 0 Å². The molecule has 0 bridgehead atoms. The molecule has 0 atom stereocenters. The minimum Gasteiger partial charge on any atom is -0.392 e. The fourth-order valence-electron chi connectivity index (χ4n) is 4.35. The first kappa shape index (κ1) is 23.1. The Morgan fingerprint density at radius 3 is 2.84 bits per heavy atom. The van der Waals surface area contributed by atoms with Crippen molar-refractivity contribution in [3.8, 4) is 11.6 Å². The summed E-state index contributed by atoms with van der Waals surface area (Å²) in [7, 11) is 0. The van der Waals surface area contributed by atoms with Crippen molar-refractivity contribution in [2.45, 2.75) is 33.0 Å². The highest BCUT2D eigenvalue weighted by molar-refractivity contribution is 5.82. The number of nitrogens with zero attached hydrogens (tertiary/aromatic N) is 7. The Morgan fingerprint density at radius 1 is 1.14 bits per heavy atom. The molecule has 37 heavy (non-hydrogen) atoms. The quantitative estimate of drug-likeness (QED) is 0.357. The van der Waals surface area contributed by atoms with Gasteiger partial charge < -0.3 is 15.2 Å². The lowest BCUT2D eigenvalue weighted by molar-refractivity contribution is 0.109. The summed E-state index contributed by atoms with van der Waals surface area (Å²) in [6.07, 6.45) is -0.314. The first-order valence-corrected chi connectivity index (χ1v) is 11.6. The van der Waals surface area contributed by atoms with Crippen LogP contribution in [0.5, 0.6) is 0 Å². The number of aryl methyl sites for hydroxylation is 1. The van der Waals surface area contributed by atoms with Crippen LogP contribution in [0.15, 0.2) is 48.8 Å². The van der Waals surface area contributed by atoms with Gasteiger partial charge in [-0.05, 0) is 49.4 Å². The Morgan fingerprint density at radius 2 is 2.03 bits per heavy atom. The second kappa shape index (κ2) is 9.30. The van der Waals surface area contributed by atoms with Crippen molar-refractivity contribution in [2.75, 3.05) is 11.9 Å². The van der Waals surface area contributed by atoms with E-state index < -0.39 is 6.43 Å². The van der Waals surface area contributed by atoms with E-state index in [-0.39, 0.29) is 18.1 Å². The van der Waals surface area contributed by atoms with Crippen LogP contribution >= 0.6 is 0 Å². The monoisotopic (exact) mass is 504 g/mol. The van der Waals surface area contributed by atoms with E-state index in [1.54, 1.807) is 30.0 Å². The number of anilines is 2. The number of nitrogens with one attached hydrogen (secondary N) is 1. The van der Waals surface area contributed by atoms with Gasteiger partial charge in [-0.15, -0.1) is 5.10 Å². The Balaban J connectivity index is 1.33. The summed E-state index contributed by atoms with van der Waals surface area (Å²) in [5.41, 5.74) is 4.87. The second-order valence-corrected chi connectivity index (χ2v) is 8.68. The molecule has 1 aliphatic heterocycles. The van der Waals surface area contributed by atoms with E-state index in [2.05, 4.69) is 30.6 Å². The number of hydrogen-bond acceptors (Lipinski definition) is 8. The van der Waals surface area contributed by atoms with Crippen LogP contribution < -0.4 is 5.32 Å². The van der Waals surface area contributed by atoms with Crippen LogP contribution in [0.1, 0.15) is 34.6 Å². The largest absolute Gasteiger partial charge is 0.392 e. The Bertz CT molecular complexity index is 1610. The van der Waals surface area contributed by atoms with Gasteiger partial charge in [0, 0.05) is 28.9 Å². The fraction of sp³-hybridized carbons (Fsp3) is 0.240. The van der Waals surface area contributed by atoms with Crippen molar-refractivity contribution in [1.29, 1.82) is 0 Å². The molecule has 0 spiro atoms. The predicted molar refractivity (Wildman–Crippen MR) is 130 cm³/mol. The van der Waals surface area contributed by atoms with Gasteiger partial charge in [0.1, 0.15) is 17.8 Å². The normalized spacial score (nSPS) is 13.3. The third kappa shape index (κ3) is 4.30. The van der Waals surface area contributed by atoms with E-state index >= 15 is 0 Å². The predicted octanol–water partition coefficient (Wildman–Crippen LogP) is 3.95. The van der Waals surface area contributed by atoms with Crippen molar-refractivity contribution in [3.05, 3.63) is 77.0 Å². The summed E-state index contributed by atoms with van der Waals surface area (Å²) < 4.78 is 35.0. The average molecular weight is 505 g/mol. The zero-order chi connectivity index (χ0) is 25.5. The zero-order valence-electron chi connectivity index (χ0n) is 19.8. The molecule has 10 nitrogen and oxygen atoms in total. The molecule has 1 aliphatic rings. The van der Waals surface area contributed by atoms with E-state index in [0.29, 0.717) is 41.6 Å². The van der Waals surface area contributed by atoms with Gasteiger partial charge in [0.15, 0.2) is 11.6 Å². The van der Waals surface area contributed by atoms with E-state index in [9.17, 15) is 13.9 Å². The number of pyridine rings is 1. The van der Waals surface area contributed by atoms with Crippen LogP contribution in [-0.2, 0) is 24.4 Å². The van der Waals surface area contributed by atoms with Crippen molar-refractivity contribution in [2.24, 2.45) is 0 Å². The van der Waals surface area contributed by atoms with Gasteiger partial charge in [-0.2, -0.15) is 10.2 Å². The molecule has 0 saturated heterocycles. The first-order valence-electron chi connectivity index (χ1n) is 11.6. The van der Waals surface area contributed by atoms with Gasteiger partial charge in [0.2, 0.25) is 0 Å². The third-order valence-electron chi connectivity index (χ3n) is 6.21. The lowest BCUT2D eigenvalue weighted by Gasteiger charge is -2.15. The first-order chi connectivity index (χ1) is 18.0. The minimum absolute atomic E-state index is 0.277. The number of halogens is 2. The molecule has 2 N–H and O–H groups in total. The number of benzene rings is 1. The maximum atomic E-state index is 13.2. The van der Waals surface area contributed by atoms with Gasteiger partial charge >= 0.3 is 0 Å². The Kier molecular flexibility index (Phi) is 5.81. The minimum atomic E-state index is -2.71. The van der Waals surface area contributed by atoms with Gasteiger partial charge in [-0.1, -0.05) is 0 Å². The van der Waals surface area contributed by atoms with Gasteiger partial charge in [-0.3, -0.25) is 4.57 Å². The van der Waals surface area contributed by atoms with E-state index in [4.69, 9.17) is 4.74 Å². The highest BCUT2D eigenvalue weighted by Crippen LogP contribution is 2.26. The number of aliphatic hydroxyl groups excluding tert-OH is 1. The fourth-order valence-corrected chi connectivity index (χ4v) is 4.35. The SMILES string of the molecule is Cc1cc(C(F)F)nn1-c1nc(-n2cnc3cc(Nc4cc5c(nn4)CCOC5)ccc32)ccc1CO. The average Bonchev–Trinajstić information content (AvgIpc) is 3.51. The second-order valence-electron chi connectivity index (χ2n) is 8.68. The molecular weight excluding hydrogens is 482 g/mol. The maximum Gasteiger partial charge on any atom is 0.282 e. The van der Waals surface area contributed by atoms with Crippen LogP contribution in [0.4, 0.5) is 20.3 Å². The number of ether oxygens (including phenoxy) is 1. The lowest BCUT2D eigenvalue weighted by Crippen LogP contribution is -2.13. The summed E-state index contributed by atoms with van der Waals surface area (Å²) in [4.78, 5) is 9.16. The molecule has 0 unspecified atom stereocenters. The molecule has 0 saturated carbocycles. The number of rotatable bonds is 6. The van der Waals surface area contributed by atoms with E-state index in [1.807, 2.05) is 24.3 Å². The standard InChI is InChI=1S/C25H22F2N8O2/c1-14-8-20(24(26)27)33-35(14)25-15(11-36)2-5-23(30-25)34-13-28-19-10-17(3-4-21(19)34)29-22-9-16-12-37-7-6-18(16)31-32-22/h2-5,8-10,13,24,36H,6-7,11-12H2,1H3,(H,29,32). The van der Waals surface area contributed by atoms with Gasteiger partial charge in [0.05, 0.1) is 36.5 Å². The molecule has 0 radical (unpaired) electrons. The van der Waals surface area contributed by atoms with Crippen molar-refractivity contribution in [1.82, 2.24) is 34.5 Å². The van der Waals surface area contributed by atoms with E-state index in [1.165, 1.54) is 10.7 Å². The summed E-state index contributed by atoms with van der Waals surface area (Å²) in [6, 6.07) is 12.4. The number of hydrogen-bond donors (Lipinski definition) is 2. The molecule has 0 amide bonds. The maximum absolute atomic E-state index is 13.2. The molecule has 4 aromatic heterocycles. The van der Waals surface area contributed by atoms with Gasteiger partial charge in [-0.25, -0.2) is 23.4 Å². The van der Waals surface area contributed by atoms with E-state index in [0.717, 1.165) is 28.9 Å². The number of imidazole rings is 1. The van der Waals surface area contributed by atoms with Crippen LogP contribution in [-0.4, -0.2) is 46.2 Å². The molecule has 5 aromatic rings. The Labute approximate surface area is 209 Å². The highest BCUT2D eigenvalue weighted by atomic mass is 19.3. The summed E-state index contributed by atoms with van der Waals surface area (Å²) in [5.74, 6) is 1.40. The zero-order valence-corrected chi connectivity index (χ0v) is 19.8. The summed E-state index contributed by atoms with van der Waals surface area (Å²) in [5, 5.41) is 25.6. The van der Waals surface area contributed by atoms with Gasteiger partial charge in [0.25, 0.3) is 6.43 Å². The highest BCUT2D eigenvalue weighted by Gasteiger charge is 2.18. The number of aliphatic hydroxyl groups is 1. The topological polar surface area (TPSA) is 116 Å². The Hall–Kier alpha value is -4.29. The van der Waals surface area contributed by atoms with Crippen LogP contribution in [0.2, 0.25) is 0 Å². The molecule has 6 rings (SSSR count). The molecule has 0 aliphatic carbocycles. The smallest absolute Gasteiger partial charge is 0.282 e. The van der Waals surface area contributed by atoms with Crippen molar-refractivity contribution >= 4 is 22.5 Å². The lowest BCUT2D eigenvalue weighted by atomic mass is 10.1. The molecule has 188 valence electrons. The van der Waals surface area contributed by atoms with Crippen LogP contribution in [0, 0.1) is 6.92 Å². The van der Waals surface area contributed by atoms with Crippen LogP contribution in [0.25, 0.3) is 22.7 Å². The summed E-state index contributed by atoms with van der Waals surface area (Å²) in [6.45, 7) is 2.53. The number of fused-ring (bicyclic) bond motifs is 2. The summed E-state index contributed by atoms with van der Waals surface area (Å²) >= 11 is 0. The molecule has 0 fully saturated rings. The molecular formula is C25H22F2N8O2. The van der Waals surface area contributed by atoms with Crippen molar-refractivity contribution in [3.63, 3.8) is 0 Å². The molecule has 12 heteroatoms.